The summed E-state index contributed by atoms with van der Waals surface area (Å²) in [5.74, 6) is 1.79. The number of anilines is 1. The second kappa shape index (κ2) is 6.91. The molecular formula is C22H31NO3S. The number of thiophene rings is 1. The molecule has 0 unspecified atom stereocenters. The second-order valence-corrected chi connectivity index (χ2v) is 10.9. The van der Waals surface area contributed by atoms with Crippen LogP contribution in [0.3, 0.4) is 0 Å². The third kappa shape index (κ3) is 3.43. The van der Waals surface area contributed by atoms with Crippen molar-refractivity contribution in [3.05, 3.63) is 16.0 Å². The zero-order valence-corrected chi connectivity index (χ0v) is 17.7. The molecule has 0 aromatic carbocycles. The third-order valence-corrected chi connectivity index (χ3v) is 8.36. The molecule has 2 bridgehead atoms. The van der Waals surface area contributed by atoms with Crippen LogP contribution in [0.5, 0.6) is 0 Å². The molecular weight excluding hydrogens is 358 g/mol. The summed E-state index contributed by atoms with van der Waals surface area (Å²) in [5.41, 5.74) is 1.97. The molecule has 3 aliphatic rings. The molecule has 2 fully saturated rings. The van der Waals surface area contributed by atoms with Crippen molar-refractivity contribution in [2.45, 2.75) is 65.7 Å². The standard InChI is InChI=1S/C22H31NO3S/c1-22(2,3)14-7-8-15-17(11-14)27-20(18(15)21(25)26-4)23-19(24)16-10-12-5-6-13(16)9-12/h12-14,16H,5-11H2,1-4H3,(H,23,24)/t12-,13-,14-,16-/m1/s1. The van der Waals surface area contributed by atoms with Gasteiger partial charge in [0.05, 0.1) is 12.7 Å². The Bertz CT molecular complexity index is 760. The van der Waals surface area contributed by atoms with Crippen LogP contribution in [0.4, 0.5) is 5.00 Å². The van der Waals surface area contributed by atoms with E-state index in [2.05, 4.69) is 26.1 Å². The van der Waals surface area contributed by atoms with Gasteiger partial charge in [0.1, 0.15) is 5.00 Å². The van der Waals surface area contributed by atoms with E-state index in [4.69, 9.17) is 4.74 Å². The highest BCUT2D eigenvalue weighted by molar-refractivity contribution is 7.17. The monoisotopic (exact) mass is 389 g/mol. The number of ether oxygens (including phenoxy) is 1. The molecule has 2 saturated carbocycles. The number of rotatable bonds is 3. The van der Waals surface area contributed by atoms with E-state index in [1.807, 2.05) is 0 Å². The van der Waals surface area contributed by atoms with Crippen LogP contribution in [0.25, 0.3) is 0 Å². The Morgan fingerprint density at radius 3 is 2.52 bits per heavy atom. The van der Waals surface area contributed by atoms with Crippen molar-refractivity contribution in [1.29, 1.82) is 0 Å². The molecule has 0 radical (unpaired) electrons. The van der Waals surface area contributed by atoms with Gasteiger partial charge in [0, 0.05) is 10.8 Å². The predicted octanol–water partition coefficient (Wildman–Crippen LogP) is 5.06. The Hall–Kier alpha value is -1.36. The van der Waals surface area contributed by atoms with E-state index in [1.165, 1.54) is 31.2 Å². The predicted molar refractivity (Wildman–Crippen MR) is 108 cm³/mol. The highest BCUT2D eigenvalue weighted by Crippen LogP contribution is 2.49. The number of esters is 1. The van der Waals surface area contributed by atoms with Gasteiger partial charge in [0.25, 0.3) is 0 Å². The summed E-state index contributed by atoms with van der Waals surface area (Å²) < 4.78 is 5.07. The molecule has 3 aliphatic carbocycles. The quantitative estimate of drug-likeness (QED) is 0.735. The number of hydrogen-bond donors (Lipinski definition) is 1. The van der Waals surface area contributed by atoms with Gasteiger partial charge in [-0.1, -0.05) is 27.2 Å². The lowest BCUT2D eigenvalue weighted by atomic mass is 9.72. The van der Waals surface area contributed by atoms with Crippen molar-refractivity contribution in [2.75, 3.05) is 12.4 Å². The average molecular weight is 390 g/mol. The van der Waals surface area contributed by atoms with Gasteiger partial charge in [0.2, 0.25) is 5.91 Å². The largest absolute Gasteiger partial charge is 0.465 e. The van der Waals surface area contributed by atoms with Crippen LogP contribution in [0.15, 0.2) is 0 Å². The van der Waals surface area contributed by atoms with E-state index in [0.29, 0.717) is 22.4 Å². The first kappa shape index (κ1) is 19.0. The van der Waals surface area contributed by atoms with Crippen molar-refractivity contribution >= 4 is 28.2 Å². The minimum absolute atomic E-state index is 0.110. The van der Waals surface area contributed by atoms with E-state index in [0.717, 1.165) is 37.2 Å². The van der Waals surface area contributed by atoms with Gasteiger partial charge in [0.15, 0.2) is 0 Å². The number of carbonyl (C=O) groups excluding carboxylic acids is 2. The van der Waals surface area contributed by atoms with Crippen molar-refractivity contribution < 1.29 is 14.3 Å². The summed E-state index contributed by atoms with van der Waals surface area (Å²) in [6.07, 6.45) is 7.64. The fraction of sp³-hybridized carbons (Fsp3) is 0.727. The first-order chi connectivity index (χ1) is 12.8. The summed E-state index contributed by atoms with van der Waals surface area (Å²) in [6.45, 7) is 6.86. The molecule has 4 rings (SSSR count). The molecule has 0 aliphatic heterocycles. The Labute approximate surface area is 166 Å². The number of hydrogen-bond acceptors (Lipinski definition) is 4. The van der Waals surface area contributed by atoms with Crippen LogP contribution in [0, 0.1) is 29.1 Å². The minimum atomic E-state index is -0.315. The van der Waals surface area contributed by atoms with Crippen LogP contribution in [0.2, 0.25) is 0 Å². The summed E-state index contributed by atoms with van der Waals surface area (Å²) in [7, 11) is 1.43. The maximum atomic E-state index is 12.9. The molecule has 1 N–H and O–H groups in total. The second-order valence-electron chi connectivity index (χ2n) is 9.78. The molecule has 4 atom stereocenters. The number of fused-ring (bicyclic) bond motifs is 3. The van der Waals surface area contributed by atoms with Gasteiger partial charge in [-0.05, 0) is 67.3 Å². The Balaban J connectivity index is 1.59. The Kier molecular flexibility index (Phi) is 4.86. The molecule has 27 heavy (non-hydrogen) atoms. The molecule has 0 saturated heterocycles. The molecule has 1 aromatic rings. The van der Waals surface area contributed by atoms with Gasteiger partial charge >= 0.3 is 5.97 Å². The lowest BCUT2D eigenvalue weighted by Gasteiger charge is -2.33. The highest BCUT2D eigenvalue weighted by Gasteiger charge is 2.43. The van der Waals surface area contributed by atoms with E-state index in [1.54, 1.807) is 11.3 Å². The summed E-state index contributed by atoms with van der Waals surface area (Å²) >= 11 is 1.60. The van der Waals surface area contributed by atoms with Gasteiger partial charge in [-0.3, -0.25) is 4.79 Å². The minimum Gasteiger partial charge on any atom is -0.465 e. The first-order valence-corrected chi connectivity index (χ1v) is 11.1. The lowest BCUT2D eigenvalue weighted by Crippen LogP contribution is -2.28. The third-order valence-electron chi connectivity index (χ3n) is 7.19. The number of amides is 1. The molecule has 148 valence electrons. The Morgan fingerprint density at radius 1 is 1.15 bits per heavy atom. The van der Waals surface area contributed by atoms with E-state index in [9.17, 15) is 9.59 Å². The maximum Gasteiger partial charge on any atom is 0.341 e. The molecule has 1 heterocycles. The van der Waals surface area contributed by atoms with Crippen LogP contribution in [0.1, 0.15) is 73.7 Å². The van der Waals surface area contributed by atoms with Crippen molar-refractivity contribution in [3.63, 3.8) is 0 Å². The fourth-order valence-corrected chi connectivity index (χ4v) is 6.82. The molecule has 1 amide bonds. The van der Waals surface area contributed by atoms with E-state index < -0.39 is 0 Å². The van der Waals surface area contributed by atoms with Gasteiger partial charge in [-0.15, -0.1) is 11.3 Å². The molecule has 0 spiro atoms. The normalized spacial score (nSPS) is 29.5. The molecule has 5 heteroatoms. The SMILES string of the molecule is COC(=O)c1c(NC(=O)[C@@H]2C[C@@H]3CC[C@@H]2C3)sc2c1CC[C@@H](C(C)(C)C)C2. The van der Waals surface area contributed by atoms with Crippen LogP contribution in [-0.4, -0.2) is 19.0 Å². The van der Waals surface area contributed by atoms with Crippen LogP contribution in [-0.2, 0) is 22.4 Å². The summed E-state index contributed by atoms with van der Waals surface area (Å²) in [4.78, 5) is 26.7. The lowest BCUT2D eigenvalue weighted by molar-refractivity contribution is -0.121. The van der Waals surface area contributed by atoms with Crippen molar-refractivity contribution in [1.82, 2.24) is 0 Å². The number of carbonyl (C=O) groups is 2. The van der Waals surface area contributed by atoms with Crippen LogP contribution < -0.4 is 5.32 Å². The van der Waals surface area contributed by atoms with Gasteiger partial charge in [-0.2, -0.15) is 0 Å². The zero-order valence-electron chi connectivity index (χ0n) is 16.9. The number of methoxy groups -OCH3 is 1. The van der Waals surface area contributed by atoms with E-state index >= 15 is 0 Å². The number of nitrogens with one attached hydrogen (secondary N) is 1. The molecule has 4 nitrogen and oxygen atoms in total. The fourth-order valence-electron chi connectivity index (χ4n) is 5.50. The zero-order chi connectivity index (χ0) is 19.3. The highest BCUT2D eigenvalue weighted by atomic mass is 32.1. The van der Waals surface area contributed by atoms with Gasteiger partial charge < -0.3 is 10.1 Å². The van der Waals surface area contributed by atoms with E-state index in [-0.39, 0.29) is 23.2 Å². The smallest absolute Gasteiger partial charge is 0.341 e. The van der Waals surface area contributed by atoms with Crippen molar-refractivity contribution in [3.8, 4) is 0 Å². The Morgan fingerprint density at radius 2 is 1.93 bits per heavy atom. The summed E-state index contributed by atoms with van der Waals surface area (Å²) in [6, 6.07) is 0. The average Bonchev–Trinajstić information content (AvgIpc) is 3.33. The summed E-state index contributed by atoms with van der Waals surface area (Å²) in [5, 5.41) is 3.86. The topological polar surface area (TPSA) is 55.4 Å². The molecule has 1 aromatic heterocycles. The first-order valence-electron chi connectivity index (χ1n) is 10.3. The maximum absolute atomic E-state index is 12.9. The van der Waals surface area contributed by atoms with Crippen molar-refractivity contribution in [2.24, 2.45) is 29.1 Å². The van der Waals surface area contributed by atoms with Gasteiger partial charge in [-0.25, -0.2) is 4.79 Å². The van der Waals surface area contributed by atoms with Crippen LogP contribution >= 0.6 is 11.3 Å².